The predicted octanol–water partition coefficient (Wildman–Crippen LogP) is 3.29. The van der Waals surface area contributed by atoms with Gasteiger partial charge in [-0.3, -0.25) is 4.99 Å². The number of benzene rings is 2. The number of para-hydroxylation sites is 1. The molecule has 2 aromatic carbocycles. The summed E-state index contributed by atoms with van der Waals surface area (Å²) >= 11 is 0. The van der Waals surface area contributed by atoms with Gasteiger partial charge in [0.1, 0.15) is 11.5 Å². The van der Waals surface area contributed by atoms with Crippen LogP contribution in [-0.4, -0.2) is 52.8 Å². The molecular weight excluding hydrogens is 467 g/mol. The molecule has 0 amide bonds. The third-order valence-corrected chi connectivity index (χ3v) is 4.45. The van der Waals surface area contributed by atoms with Crippen molar-refractivity contribution in [1.29, 1.82) is 0 Å². The summed E-state index contributed by atoms with van der Waals surface area (Å²) in [4.78, 5) is 6.51. The average Bonchev–Trinajstić information content (AvgIpc) is 2.70. The standard InChI is InChI=1S/C21H30N4O2.HI/c1-22-21(23-14-17-8-6-7-9-20(17)27-5)24-15-19(25(2)3)16-10-12-18(26-4)13-11-16;/h6-13,19H,14-15H2,1-5H3,(H2,22,23,24);1H. The van der Waals surface area contributed by atoms with Crippen LogP contribution in [0.1, 0.15) is 17.2 Å². The van der Waals surface area contributed by atoms with Crippen LogP contribution in [0.25, 0.3) is 0 Å². The summed E-state index contributed by atoms with van der Waals surface area (Å²) in [6.45, 7) is 1.36. The molecule has 0 aliphatic heterocycles. The number of halogens is 1. The Labute approximate surface area is 185 Å². The second kappa shape index (κ2) is 12.5. The number of ether oxygens (including phenoxy) is 2. The number of nitrogens with one attached hydrogen (secondary N) is 2. The Balaban J connectivity index is 0.00000392. The summed E-state index contributed by atoms with van der Waals surface area (Å²) in [5.74, 6) is 2.48. The maximum atomic E-state index is 5.40. The topological polar surface area (TPSA) is 58.1 Å². The Morgan fingerprint density at radius 2 is 1.68 bits per heavy atom. The lowest BCUT2D eigenvalue weighted by Crippen LogP contribution is -2.41. The quantitative estimate of drug-likeness (QED) is 0.333. The molecule has 0 radical (unpaired) electrons. The fourth-order valence-electron chi connectivity index (χ4n) is 2.87. The van der Waals surface area contributed by atoms with Gasteiger partial charge in [0.25, 0.3) is 0 Å². The summed E-state index contributed by atoms with van der Waals surface area (Å²) in [5, 5.41) is 6.76. The van der Waals surface area contributed by atoms with E-state index in [1.165, 1.54) is 5.56 Å². The molecule has 0 aliphatic rings. The minimum atomic E-state index is 0. The minimum Gasteiger partial charge on any atom is -0.497 e. The molecule has 7 heteroatoms. The van der Waals surface area contributed by atoms with Gasteiger partial charge in [0, 0.05) is 25.7 Å². The van der Waals surface area contributed by atoms with E-state index in [2.05, 4.69) is 46.8 Å². The molecule has 0 bridgehead atoms. The molecule has 0 spiro atoms. The highest BCUT2D eigenvalue weighted by Gasteiger charge is 2.15. The first kappa shape index (κ1) is 24.0. The second-order valence-corrected chi connectivity index (χ2v) is 6.37. The number of hydrogen-bond donors (Lipinski definition) is 2. The molecule has 0 heterocycles. The molecule has 154 valence electrons. The largest absolute Gasteiger partial charge is 0.497 e. The Hall–Kier alpha value is -2.00. The van der Waals surface area contributed by atoms with Crippen LogP contribution >= 0.6 is 24.0 Å². The maximum absolute atomic E-state index is 5.40. The van der Waals surface area contributed by atoms with E-state index in [9.17, 15) is 0 Å². The Morgan fingerprint density at radius 3 is 2.25 bits per heavy atom. The van der Waals surface area contributed by atoms with Gasteiger partial charge in [0.15, 0.2) is 5.96 Å². The van der Waals surface area contributed by atoms with Crippen molar-refractivity contribution < 1.29 is 9.47 Å². The number of rotatable bonds is 8. The number of guanidine groups is 1. The van der Waals surface area contributed by atoms with Gasteiger partial charge in [0.05, 0.1) is 20.3 Å². The molecule has 0 fully saturated rings. The van der Waals surface area contributed by atoms with E-state index < -0.39 is 0 Å². The molecule has 1 atom stereocenters. The highest BCUT2D eigenvalue weighted by Crippen LogP contribution is 2.21. The zero-order valence-corrected chi connectivity index (χ0v) is 19.6. The first-order valence-electron chi connectivity index (χ1n) is 8.95. The van der Waals surface area contributed by atoms with Crippen molar-refractivity contribution in [1.82, 2.24) is 15.5 Å². The molecule has 0 aliphatic carbocycles. The Kier molecular flexibility index (Phi) is 10.7. The van der Waals surface area contributed by atoms with E-state index in [4.69, 9.17) is 9.47 Å². The molecule has 0 saturated heterocycles. The number of aliphatic imine (C=N–C) groups is 1. The van der Waals surface area contributed by atoms with Gasteiger partial charge in [-0.2, -0.15) is 0 Å². The smallest absolute Gasteiger partial charge is 0.191 e. The van der Waals surface area contributed by atoms with Gasteiger partial charge in [-0.1, -0.05) is 30.3 Å². The van der Waals surface area contributed by atoms with Crippen LogP contribution in [0.5, 0.6) is 11.5 Å². The van der Waals surface area contributed by atoms with E-state index in [1.54, 1.807) is 21.3 Å². The highest BCUT2D eigenvalue weighted by molar-refractivity contribution is 14.0. The van der Waals surface area contributed by atoms with Crippen molar-refractivity contribution in [3.05, 3.63) is 59.7 Å². The van der Waals surface area contributed by atoms with Crippen molar-refractivity contribution in [3.8, 4) is 11.5 Å². The number of nitrogens with zero attached hydrogens (tertiary/aromatic N) is 2. The van der Waals surface area contributed by atoms with Crippen molar-refractivity contribution in [2.24, 2.45) is 4.99 Å². The SMILES string of the molecule is CN=C(NCc1ccccc1OC)NCC(c1ccc(OC)cc1)N(C)C.I. The van der Waals surface area contributed by atoms with Crippen LogP contribution in [0.4, 0.5) is 0 Å². The summed E-state index contributed by atoms with van der Waals surface area (Å²) in [7, 11) is 9.28. The van der Waals surface area contributed by atoms with Gasteiger partial charge in [-0.25, -0.2) is 0 Å². The third-order valence-electron chi connectivity index (χ3n) is 4.45. The number of methoxy groups -OCH3 is 2. The van der Waals surface area contributed by atoms with Crippen molar-refractivity contribution >= 4 is 29.9 Å². The second-order valence-electron chi connectivity index (χ2n) is 6.37. The molecule has 2 N–H and O–H groups in total. The molecule has 0 saturated carbocycles. The van der Waals surface area contributed by atoms with Crippen molar-refractivity contribution in [2.45, 2.75) is 12.6 Å². The van der Waals surface area contributed by atoms with E-state index in [0.717, 1.165) is 29.6 Å². The fraction of sp³-hybridized carbons (Fsp3) is 0.381. The van der Waals surface area contributed by atoms with Crippen LogP contribution in [0.15, 0.2) is 53.5 Å². The number of likely N-dealkylation sites (N-methyl/N-ethyl adjacent to an activating group) is 1. The fourth-order valence-corrected chi connectivity index (χ4v) is 2.87. The monoisotopic (exact) mass is 498 g/mol. The molecule has 6 nitrogen and oxygen atoms in total. The van der Waals surface area contributed by atoms with E-state index in [-0.39, 0.29) is 30.0 Å². The molecular formula is C21H31IN4O2. The van der Waals surface area contributed by atoms with Gasteiger partial charge in [0.2, 0.25) is 0 Å². The molecule has 2 aromatic rings. The zero-order valence-electron chi connectivity index (χ0n) is 17.2. The first-order chi connectivity index (χ1) is 13.1. The normalized spacial score (nSPS) is 12.1. The van der Waals surface area contributed by atoms with Crippen LogP contribution in [0, 0.1) is 0 Å². The molecule has 28 heavy (non-hydrogen) atoms. The van der Waals surface area contributed by atoms with Gasteiger partial charge < -0.3 is 25.0 Å². The van der Waals surface area contributed by atoms with Gasteiger partial charge >= 0.3 is 0 Å². The lowest BCUT2D eigenvalue weighted by Gasteiger charge is -2.26. The first-order valence-corrected chi connectivity index (χ1v) is 8.95. The van der Waals surface area contributed by atoms with Crippen LogP contribution in [0.2, 0.25) is 0 Å². The molecule has 2 rings (SSSR count). The third kappa shape index (κ3) is 6.87. The number of hydrogen-bond acceptors (Lipinski definition) is 4. The summed E-state index contributed by atoms with van der Waals surface area (Å²) in [6.07, 6.45) is 0. The zero-order chi connectivity index (χ0) is 19.6. The van der Waals surface area contributed by atoms with Crippen LogP contribution in [0.3, 0.4) is 0 Å². The summed E-state index contributed by atoms with van der Waals surface area (Å²) in [6, 6.07) is 16.3. The summed E-state index contributed by atoms with van der Waals surface area (Å²) < 4.78 is 10.6. The van der Waals surface area contributed by atoms with E-state index in [1.807, 2.05) is 36.4 Å². The molecule has 0 aromatic heterocycles. The average molecular weight is 498 g/mol. The lowest BCUT2D eigenvalue weighted by atomic mass is 10.1. The van der Waals surface area contributed by atoms with Gasteiger partial charge in [-0.05, 0) is 37.9 Å². The van der Waals surface area contributed by atoms with Crippen LogP contribution < -0.4 is 20.1 Å². The Bertz CT molecular complexity index is 735. The maximum Gasteiger partial charge on any atom is 0.191 e. The highest BCUT2D eigenvalue weighted by atomic mass is 127. The lowest BCUT2D eigenvalue weighted by molar-refractivity contribution is 0.298. The summed E-state index contributed by atoms with van der Waals surface area (Å²) in [5.41, 5.74) is 2.30. The van der Waals surface area contributed by atoms with E-state index in [0.29, 0.717) is 6.54 Å². The predicted molar refractivity (Wildman–Crippen MR) is 126 cm³/mol. The van der Waals surface area contributed by atoms with E-state index >= 15 is 0 Å². The van der Waals surface area contributed by atoms with Crippen LogP contribution in [-0.2, 0) is 6.54 Å². The Morgan fingerprint density at radius 1 is 1.00 bits per heavy atom. The molecule has 1 unspecified atom stereocenters. The van der Waals surface area contributed by atoms with Gasteiger partial charge in [-0.15, -0.1) is 24.0 Å². The van der Waals surface area contributed by atoms with Crippen molar-refractivity contribution in [3.63, 3.8) is 0 Å². The van der Waals surface area contributed by atoms with Crippen molar-refractivity contribution in [2.75, 3.05) is 41.9 Å². The minimum absolute atomic E-state index is 0.